The summed E-state index contributed by atoms with van der Waals surface area (Å²) in [5.74, 6) is 0.505. The van der Waals surface area contributed by atoms with Crippen LogP contribution in [0, 0.1) is 13.8 Å². The molecule has 5 nitrogen and oxygen atoms in total. The average Bonchev–Trinajstić information content (AvgIpc) is 2.98. The number of nitrogens with one attached hydrogen (secondary N) is 1. The van der Waals surface area contributed by atoms with Crippen molar-refractivity contribution in [1.82, 2.24) is 5.16 Å². The number of ether oxygens (including phenoxy) is 1. The van der Waals surface area contributed by atoms with Gasteiger partial charge < -0.3 is 9.26 Å². The summed E-state index contributed by atoms with van der Waals surface area (Å²) < 4.78 is 11.6. The maximum absolute atomic E-state index is 12.2. The predicted octanol–water partition coefficient (Wildman–Crippen LogP) is 5.51. The lowest BCUT2D eigenvalue weighted by Gasteiger charge is -2.09. The van der Waals surface area contributed by atoms with Crippen molar-refractivity contribution in [3.05, 3.63) is 69.8 Å². The molecule has 3 rings (SSSR count). The summed E-state index contributed by atoms with van der Waals surface area (Å²) in [7, 11) is 0. The monoisotopic (exact) mass is 414 g/mol. The van der Waals surface area contributed by atoms with E-state index in [1.807, 2.05) is 55.5 Å². The number of halogens is 1. The van der Waals surface area contributed by atoms with E-state index in [9.17, 15) is 4.79 Å². The van der Waals surface area contributed by atoms with E-state index in [2.05, 4.69) is 26.4 Å². The normalized spacial score (nSPS) is 10.6. The highest BCUT2D eigenvalue weighted by atomic mass is 79.9. The van der Waals surface area contributed by atoms with Crippen LogP contribution in [0.15, 0.2) is 57.5 Å². The Kier molecular flexibility index (Phi) is 5.73. The average molecular weight is 415 g/mol. The quantitative estimate of drug-likeness (QED) is 0.597. The summed E-state index contributed by atoms with van der Waals surface area (Å²) in [6.07, 6.45) is 0.144. The molecule has 0 aliphatic rings. The van der Waals surface area contributed by atoms with Gasteiger partial charge in [-0.25, -0.2) is 4.79 Å². The van der Waals surface area contributed by atoms with E-state index in [1.54, 1.807) is 6.92 Å². The molecule has 0 aliphatic heterocycles. The van der Waals surface area contributed by atoms with Gasteiger partial charge in [0.25, 0.3) is 0 Å². The van der Waals surface area contributed by atoms with E-state index < -0.39 is 6.09 Å². The van der Waals surface area contributed by atoms with Gasteiger partial charge in [0.15, 0.2) is 5.76 Å². The summed E-state index contributed by atoms with van der Waals surface area (Å²) in [5.41, 5.74) is 4.29. The number of hydrogen-bond donors (Lipinski definition) is 1. The smallest absolute Gasteiger partial charge is 0.411 e. The van der Waals surface area contributed by atoms with Gasteiger partial charge in [-0.2, -0.15) is 0 Å². The second kappa shape index (κ2) is 8.19. The number of aromatic nitrogens is 1. The highest BCUT2D eigenvalue weighted by molar-refractivity contribution is 9.10. The third-order valence-electron chi connectivity index (χ3n) is 4.06. The van der Waals surface area contributed by atoms with Crippen LogP contribution in [0.2, 0.25) is 0 Å². The molecule has 0 radical (unpaired) electrons. The number of anilines is 1. The number of rotatable bonds is 5. The first-order chi connectivity index (χ1) is 12.5. The van der Waals surface area contributed by atoms with Crippen molar-refractivity contribution in [3.8, 4) is 11.3 Å². The number of carbonyl (C=O) groups is 1. The molecule has 2 aromatic carbocycles. The topological polar surface area (TPSA) is 64.4 Å². The molecule has 1 aromatic heterocycles. The van der Waals surface area contributed by atoms with Crippen molar-refractivity contribution < 1.29 is 14.1 Å². The molecule has 6 heteroatoms. The van der Waals surface area contributed by atoms with E-state index in [1.165, 1.54) is 5.56 Å². The van der Waals surface area contributed by atoms with Gasteiger partial charge in [-0.1, -0.05) is 45.4 Å². The lowest BCUT2D eigenvalue weighted by Crippen LogP contribution is -2.16. The minimum absolute atomic E-state index is 0.300. The molecule has 0 spiro atoms. The highest BCUT2D eigenvalue weighted by Crippen LogP contribution is 2.31. The zero-order valence-electron chi connectivity index (χ0n) is 14.6. The van der Waals surface area contributed by atoms with Crippen molar-refractivity contribution in [1.29, 1.82) is 0 Å². The molecule has 134 valence electrons. The van der Waals surface area contributed by atoms with Crippen LogP contribution in [-0.2, 0) is 11.2 Å². The van der Waals surface area contributed by atoms with E-state index in [4.69, 9.17) is 9.26 Å². The van der Waals surface area contributed by atoms with Crippen molar-refractivity contribution in [2.45, 2.75) is 20.3 Å². The first-order valence-corrected chi connectivity index (χ1v) is 9.04. The van der Waals surface area contributed by atoms with Gasteiger partial charge in [0, 0.05) is 16.5 Å². The number of carbonyl (C=O) groups excluding carboxylic acids is 1. The number of amides is 1. The van der Waals surface area contributed by atoms with Crippen LogP contribution in [0.3, 0.4) is 0 Å². The molecule has 1 N–H and O–H groups in total. The molecular formula is C20H19BrN2O3. The van der Waals surface area contributed by atoms with E-state index >= 15 is 0 Å². The Morgan fingerprint density at radius 3 is 2.62 bits per heavy atom. The van der Waals surface area contributed by atoms with E-state index in [-0.39, 0.29) is 0 Å². The third-order valence-corrected chi connectivity index (χ3v) is 4.59. The van der Waals surface area contributed by atoms with Crippen LogP contribution >= 0.6 is 15.9 Å². The number of hydrogen-bond acceptors (Lipinski definition) is 4. The fraction of sp³-hybridized carbons (Fsp3) is 0.200. The molecule has 0 saturated carbocycles. The first-order valence-electron chi connectivity index (χ1n) is 8.25. The van der Waals surface area contributed by atoms with Gasteiger partial charge >= 0.3 is 6.09 Å². The second-order valence-electron chi connectivity index (χ2n) is 5.92. The Hall–Kier alpha value is -2.60. The van der Waals surface area contributed by atoms with Gasteiger partial charge in [0.05, 0.1) is 6.61 Å². The number of benzene rings is 2. The Bertz CT molecular complexity index is 904. The van der Waals surface area contributed by atoms with Crippen molar-refractivity contribution in [3.63, 3.8) is 0 Å². The van der Waals surface area contributed by atoms with Crippen molar-refractivity contribution in [2.75, 3.05) is 11.9 Å². The Morgan fingerprint density at radius 2 is 1.88 bits per heavy atom. The minimum atomic E-state index is -0.525. The Labute approximate surface area is 160 Å². The van der Waals surface area contributed by atoms with Gasteiger partial charge in [0.2, 0.25) is 0 Å². The molecule has 0 fully saturated rings. The molecule has 1 amide bonds. The van der Waals surface area contributed by atoms with E-state index in [0.717, 1.165) is 15.6 Å². The number of nitrogens with zero attached hydrogens (tertiary/aromatic N) is 1. The molecule has 0 aliphatic carbocycles. The van der Waals surface area contributed by atoms with Gasteiger partial charge in [-0.3, -0.25) is 5.32 Å². The lowest BCUT2D eigenvalue weighted by molar-refractivity contribution is 0.163. The Morgan fingerprint density at radius 1 is 1.15 bits per heavy atom. The molecule has 3 aromatic rings. The largest absolute Gasteiger partial charge is 0.449 e. The molecule has 1 heterocycles. The fourth-order valence-electron chi connectivity index (χ4n) is 2.60. The maximum Gasteiger partial charge on any atom is 0.411 e. The van der Waals surface area contributed by atoms with Crippen LogP contribution in [0.25, 0.3) is 11.3 Å². The summed E-state index contributed by atoms with van der Waals surface area (Å²) in [6, 6.07) is 15.6. The van der Waals surface area contributed by atoms with Crippen LogP contribution in [0.1, 0.15) is 16.8 Å². The van der Waals surface area contributed by atoms with Crippen LogP contribution in [0.5, 0.6) is 0 Å². The predicted molar refractivity (Wildman–Crippen MR) is 104 cm³/mol. The lowest BCUT2D eigenvalue weighted by atomic mass is 10.1. The maximum atomic E-state index is 12.2. The van der Waals surface area contributed by atoms with Gasteiger partial charge in [0.1, 0.15) is 11.4 Å². The molecule has 0 bridgehead atoms. The third kappa shape index (κ3) is 4.32. The van der Waals surface area contributed by atoms with Crippen molar-refractivity contribution in [2.24, 2.45) is 0 Å². The fourth-order valence-corrected chi connectivity index (χ4v) is 2.86. The minimum Gasteiger partial charge on any atom is -0.449 e. The summed E-state index contributed by atoms with van der Waals surface area (Å²) in [4.78, 5) is 12.2. The SMILES string of the molecule is Cc1ccccc1CCOC(=O)Nc1c(C)noc1-c1ccc(Br)cc1. The molecule has 26 heavy (non-hydrogen) atoms. The number of aryl methyl sites for hydroxylation is 2. The second-order valence-corrected chi connectivity index (χ2v) is 6.83. The van der Waals surface area contributed by atoms with Gasteiger partial charge in [-0.15, -0.1) is 0 Å². The zero-order chi connectivity index (χ0) is 18.5. The molecule has 0 unspecified atom stereocenters. The van der Waals surface area contributed by atoms with Gasteiger partial charge in [-0.05, 0) is 49.2 Å². The highest BCUT2D eigenvalue weighted by Gasteiger charge is 2.18. The Balaban J connectivity index is 1.63. The molecular weight excluding hydrogens is 396 g/mol. The molecule has 0 atom stereocenters. The van der Waals surface area contributed by atoms with Crippen LogP contribution < -0.4 is 5.32 Å². The molecule has 0 saturated heterocycles. The zero-order valence-corrected chi connectivity index (χ0v) is 16.2. The summed E-state index contributed by atoms with van der Waals surface area (Å²) in [6.45, 7) is 4.11. The summed E-state index contributed by atoms with van der Waals surface area (Å²) in [5, 5.41) is 6.69. The first kappa shape index (κ1) is 18.2. The van der Waals surface area contributed by atoms with Crippen LogP contribution in [0.4, 0.5) is 10.5 Å². The standard InChI is InChI=1S/C20H19BrN2O3/c1-13-5-3-4-6-15(13)11-12-25-20(24)22-18-14(2)23-26-19(18)16-7-9-17(21)10-8-16/h3-10H,11-12H2,1-2H3,(H,22,24). The summed E-state index contributed by atoms with van der Waals surface area (Å²) >= 11 is 3.40. The van der Waals surface area contributed by atoms with Crippen LogP contribution in [-0.4, -0.2) is 17.9 Å². The van der Waals surface area contributed by atoms with Crippen molar-refractivity contribution >= 4 is 27.7 Å². The van der Waals surface area contributed by atoms with E-state index in [0.29, 0.717) is 30.2 Å².